The molecule has 0 saturated carbocycles. The highest BCUT2D eigenvalue weighted by Crippen LogP contribution is 2.13. The Bertz CT molecular complexity index is 248. The molecule has 2 atom stereocenters. The second kappa shape index (κ2) is 6.50. The molecule has 0 aliphatic heterocycles. The van der Waals surface area contributed by atoms with Crippen molar-refractivity contribution in [1.29, 1.82) is 0 Å². The highest BCUT2D eigenvalue weighted by molar-refractivity contribution is 5.76. The van der Waals surface area contributed by atoms with Crippen molar-refractivity contribution in [3.05, 3.63) is 0 Å². The number of aliphatic hydroxyl groups excluding tert-OH is 4. The number of rotatable bonds is 6. The Hall–Kier alpha value is -1.22. The fraction of sp³-hybridized carbons (Fsp3) is 0.778. The molecule has 8 heteroatoms. The summed E-state index contributed by atoms with van der Waals surface area (Å²) in [4.78, 5) is 22.2. The van der Waals surface area contributed by atoms with Crippen LogP contribution in [0, 0.1) is 0 Å². The highest BCUT2D eigenvalue weighted by atomic mass is 16.7. The van der Waals surface area contributed by atoms with Crippen molar-refractivity contribution < 1.29 is 39.5 Å². The maximum Gasteiger partial charge on any atom is 0.340 e. The van der Waals surface area contributed by atoms with E-state index in [1.54, 1.807) is 0 Å². The van der Waals surface area contributed by atoms with Crippen molar-refractivity contribution in [3.8, 4) is 0 Å². The zero-order chi connectivity index (χ0) is 13.6. The summed E-state index contributed by atoms with van der Waals surface area (Å²) < 4.78 is 9.14. The molecule has 0 bridgehead atoms. The monoisotopic (exact) mass is 252 g/mol. The van der Waals surface area contributed by atoms with Gasteiger partial charge in [-0.05, 0) is 0 Å². The van der Waals surface area contributed by atoms with Crippen LogP contribution in [0.5, 0.6) is 0 Å². The first-order valence-corrected chi connectivity index (χ1v) is 4.77. The maximum absolute atomic E-state index is 11.1. The van der Waals surface area contributed by atoms with Gasteiger partial charge in [0, 0.05) is 13.8 Å². The normalized spacial score (nSPS) is 14.9. The third-order valence-corrected chi connectivity index (χ3v) is 1.58. The minimum Gasteiger partial charge on any atom is -0.421 e. The minimum atomic E-state index is -1.74. The molecule has 0 aromatic heterocycles. The molecule has 2 unspecified atom stereocenters. The quantitative estimate of drug-likeness (QED) is 0.301. The van der Waals surface area contributed by atoms with E-state index in [4.69, 9.17) is 20.4 Å². The average Bonchev–Trinajstić information content (AvgIpc) is 2.25. The first kappa shape index (κ1) is 15.8. The number of ether oxygens (including phenoxy) is 2. The van der Waals surface area contributed by atoms with Gasteiger partial charge in [0.2, 0.25) is 0 Å². The van der Waals surface area contributed by atoms with Crippen LogP contribution < -0.4 is 0 Å². The largest absolute Gasteiger partial charge is 0.421 e. The molecule has 0 aromatic rings. The molecule has 0 aliphatic carbocycles. The Kier molecular flexibility index (Phi) is 6.03. The summed E-state index contributed by atoms with van der Waals surface area (Å²) in [6.07, 6.45) is -3.48. The molecule has 100 valence electrons. The SMILES string of the molecule is CC(C)(OC(=O)C(O)CO)OC(=O)C(O)CO. The predicted molar refractivity (Wildman–Crippen MR) is 52.4 cm³/mol. The van der Waals surface area contributed by atoms with Gasteiger partial charge in [-0.2, -0.15) is 0 Å². The Labute approximate surface area is 97.4 Å². The standard InChI is InChI=1S/C9H16O8/c1-9(2,16-7(14)5(12)3-10)17-8(15)6(13)4-11/h5-6,10-13H,3-4H2,1-2H3. The fourth-order valence-corrected chi connectivity index (χ4v) is 0.790. The molecular weight excluding hydrogens is 236 g/mol. The third kappa shape index (κ3) is 5.59. The molecule has 17 heavy (non-hydrogen) atoms. The lowest BCUT2D eigenvalue weighted by Crippen LogP contribution is -2.41. The lowest BCUT2D eigenvalue weighted by molar-refractivity contribution is -0.227. The van der Waals surface area contributed by atoms with E-state index in [1.165, 1.54) is 13.8 Å². The van der Waals surface area contributed by atoms with Gasteiger partial charge >= 0.3 is 11.9 Å². The van der Waals surface area contributed by atoms with E-state index in [2.05, 4.69) is 9.47 Å². The van der Waals surface area contributed by atoms with Crippen molar-refractivity contribution in [2.24, 2.45) is 0 Å². The molecule has 0 amide bonds. The number of hydrogen-bond donors (Lipinski definition) is 4. The summed E-state index contributed by atoms with van der Waals surface area (Å²) in [6.45, 7) is 0.720. The molecule has 8 nitrogen and oxygen atoms in total. The van der Waals surface area contributed by atoms with Crippen LogP contribution in [0.1, 0.15) is 13.8 Å². The van der Waals surface area contributed by atoms with Crippen LogP contribution in [0.4, 0.5) is 0 Å². The van der Waals surface area contributed by atoms with Gasteiger partial charge in [-0.25, -0.2) is 9.59 Å². The van der Waals surface area contributed by atoms with Crippen LogP contribution >= 0.6 is 0 Å². The van der Waals surface area contributed by atoms with Crippen molar-refractivity contribution in [2.45, 2.75) is 31.8 Å². The molecular formula is C9H16O8. The molecule has 0 heterocycles. The second-order valence-corrected chi connectivity index (χ2v) is 3.64. The van der Waals surface area contributed by atoms with Gasteiger partial charge < -0.3 is 29.9 Å². The summed E-state index contributed by atoms with van der Waals surface area (Å²) in [6, 6.07) is 0. The van der Waals surface area contributed by atoms with E-state index in [0.717, 1.165) is 0 Å². The smallest absolute Gasteiger partial charge is 0.340 e. The van der Waals surface area contributed by atoms with Gasteiger partial charge in [-0.3, -0.25) is 0 Å². The Morgan fingerprint density at radius 2 is 1.29 bits per heavy atom. The number of aliphatic hydroxyl groups is 4. The summed E-state index contributed by atoms with van der Waals surface area (Å²) in [5, 5.41) is 34.8. The first-order chi connectivity index (χ1) is 7.73. The third-order valence-electron chi connectivity index (χ3n) is 1.58. The zero-order valence-electron chi connectivity index (χ0n) is 9.49. The molecule has 0 spiro atoms. The van der Waals surface area contributed by atoms with E-state index in [9.17, 15) is 9.59 Å². The maximum atomic E-state index is 11.1. The Balaban J connectivity index is 4.38. The molecule has 0 rings (SSSR count). The molecule has 0 aromatic carbocycles. The van der Waals surface area contributed by atoms with E-state index in [-0.39, 0.29) is 0 Å². The highest BCUT2D eigenvalue weighted by Gasteiger charge is 2.32. The van der Waals surface area contributed by atoms with Gasteiger partial charge in [-0.15, -0.1) is 0 Å². The van der Waals surface area contributed by atoms with Crippen molar-refractivity contribution in [2.75, 3.05) is 13.2 Å². The van der Waals surface area contributed by atoms with Crippen molar-refractivity contribution >= 4 is 11.9 Å². The summed E-state index contributed by atoms with van der Waals surface area (Å²) in [5.41, 5.74) is 0. The van der Waals surface area contributed by atoms with Gasteiger partial charge in [0.1, 0.15) is 0 Å². The predicted octanol–water partition coefficient (Wildman–Crippen LogP) is -2.48. The molecule has 0 radical (unpaired) electrons. The minimum absolute atomic E-state index is 0.831. The lowest BCUT2D eigenvalue weighted by atomic mass is 10.3. The summed E-state index contributed by atoms with van der Waals surface area (Å²) >= 11 is 0. The molecule has 4 N–H and O–H groups in total. The van der Waals surface area contributed by atoms with E-state index >= 15 is 0 Å². The van der Waals surface area contributed by atoms with Crippen LogP contribution in [-0.4, -0.2) is 63.6 Å². The second-order valence-electron chi connectivity index (χ2n) is 3.64. The number of esters is 2. The van der Waals surface area contributed by atoms with Crippen LogP contribution in [0.3, 0.4) is 0 Å². The van der Waals surface area contributed by atoms with Gasteiger partial charge in [-0.1, -0.05) is 0 Å². The molecule has 0 saturated heterocycles. The first-order valence-electron chi connectivity index (χ1n) is 4.77. The number of carbonyl (C=O) groups is 2. The molecule has 0 fully saturated rings. The average molecular weight is 252 g/mol. The number of carbonyl (C=O) groups excluding carboxylic acids is 2. The fourth-order valence-electron chi connectivity index (χ4n) is 0.790. The van der Waals surface area contributed by atoms with Crippen molar-refractivity contribution in [1.82, 2.24) is 0 Å². The lowest BCUT2D eigenvalue weighted by Gasteiger charge is -2.26. The van der Waals surface area contributed by atoms with Crippen LogP contribution in [-0.2, 0) is 19.1 Å². The molecule has 0 aliphatic rings. The van der Waals surface area contributed by atoms with Crippen molar-refractivity contribution in [3.63, 3.8) is 0 Å². The van der Waals surface area contributed by atoms with Crippen LogP contribution in [0.2, 0.25) is 0 Å². The van der Waals surface area contributed by atoms with Gasteiger partial charge in [0.15, 0.2) is 12.2 Å². The van der Waals surface area contributed by atoms with E-state index in [1.807, 2.05) is 0 Å². The summed E-state index contributed by atoms with van der Waals surface area (Å²) in [5.74, 6) is -4.09. The zero-order valence-corrected chi connectivity index (χ0v) is 9.49. The van der Waals surface area contributed by atoms with Crippen LogP contribution in [0.15, 0.2) is 0 Å². The topological polar surface area (TPSA) is 134 Å². The van der Waals surface area contributed by atoms with Crippen LogP contribution in [0.25, 0.3) is 0 Å². The van der Waals surface area contributed by atoms with Gasteiger partial charge in [0.05, 0.1) is 13.2 Å². The Morgan fingerprint density at radius 3 is 1.53 bits per heavy atom. The Morgan fingerprint density at radius 1 is 1.00 bits per heavy atom. The van der Waals surface area contributed by atoms with Gasteiger partial charge in [0.25, 0.3) is 5.79 Å². The summed E-state index contributed by atoms with van der Waals surface area (Å²) in [7, 11) is 0. The van der Waals surface area contributed by atoms with E-state index < -0.39 is 43.1 Å². The number of hydrogen-bond acceptors (Lipinski definition) is 8. The van der Waals surface area contributed by atoms with E-state index in [0.29, 0.717) is 0 Å².